The molecule has 0 amide bonds. The Bertz CT molecular complexity index is 893. The van der Waals surface area contributed by atoms with Gasteiger partial charge in [0.2, 0.25) is 0 Å². The zero-order valence-corrected chi connectivity index (χ0v) is 28.8. The average Bonchev–Trinajstić information content (AvgIpc) is 2.77. The Balaban J connectivity index is -0.0000000847. The Morgan fingerprint density at radius 2 is 0.300 bits per heavy atom. The van der Waals surface area contributed by atoms with Crippen LogP contribution in [0.1, 0.15) is 0 Å². The van der Waals surface area contributed by atoms with E-state index in [-0.39, 0.29) is 77.9 Å². The van der Waals surface area contributed by atoms with Gasteiger partial charge in [0.1, 0.15) is 0 Å². The third-order valence-electron chi connectivity index (χ3n) is 2.24. The fourth-order valence-electron chi connectivity index (χ4n) is 0.500. The van der Waals surface area contributed by atoms with Gasteiger partial charge < -0.3 is 0 Å². The van der Waals surface area contributed by atoms with E-state index >= 15 is 0 Å². The Kier molecular flexibility index (Phi) is 15.2. The zero-order valence-electron chi connectivity index (χ0n) is 14.9. The van der Waals surface area contributed by atoms with Gasteiger partial charge in [-0.1, -0.05) is 0 Å². The molecule has 0 fully saturated rings. The largest absolute Gasteiger partial charge is 0 e. The molecule has 0 saturated carbocycles. The quantitative estimate of drug-likeness (QED) is 0.308. The normalized spacial score (nSPS) is 11.6. The van der Waals surface area contributed by atoms with Gasteiger partial charge in [-0.25, -0.2) is 0 Å². The van der Waals surface area contributed by atoms with Crippen molar-refractivity contribution in [3.63, 3.8) is 0 Å². The molecule has 0 aliphatic carbocycles. The van der Waals surface area contributed by atoms with Crippen LogP contribution in [-0.2, 0) is 99.0 Å². The van der Waals surface area contributed by atoms with E-state index in [1.807, 2.05) is 0 Å². The van der Waals surface area contributed by atoms with E-state index in [1.165, 1.54) is 0 Å². The summed E-state index contributed by atoms with van der Waals surface area (Å²) in [6, 6.07) is 0. The van der Waals surface area contributed by atoms with Crippen molar-refractivity contribution in [2.75, 3.05) is 0 Å². The molecule has 0 rings (SSSR count). The first kappa shape index (κ1) is 41.7. The van der Waals surface area contributed by atoms with Gasteiger partial charge in [0, 0.05) is 77.9 Å². The first-order chi connectivity index (χ1) is 11.9. The molecule has 0 aromatic carbocycles. The number of rotatable bonds is 0. The zero-order chi connectivity index (χ0) is 21.3. The van der Waals surface area contributed by atoms with Crippen molar-refractivity contribution in [3.8, 4) is 60.0 Å². The Morgan fingerprint density at radius 1 is 0.233 bits per heavy atom. The van der Waals surface area contributed by atoms with Crippen LogP contribution in [0.2, 0.25) is 0 Å². The van der Waals surface area contributed by atoms with Crippen molar-refractivity contribution < 1.29 is 99.0 Å². The monoisotopic (exact) mass is 686 g/mol. The van der Waals surface area contributed by atoms with Crippen LogP contribution < -0.4 is 0 Å². The molecular formula is C12Co2N12Zn4. The van der Waals surface area contributed by atoms with Crippen molar-refractivity contribution in [2.24, 2.45) is 0 Å². The molecule has 0 N–H and O–H groups in total. The van der Waals surface area contributed by atoms with E-state index in [0.29, 0.717) is 0 Å². The Hall–Kier alpha value is -2.61. The number of nitriles is 12. The molecule has 134 valence electrons. The minimum atomic E-state index is -6.03. The predicted octanol–water partition coefficient (Wildman–Crippen LogP) is 0.186. The van der Waals surface area contributed by atoms with Crippen molar-refractivity contribution in [3.05, 3.63) is 0 Å². The first-order valence-electron chi connectivity index (χ1n) is 4.68. The molecule has 0 unspecified atom stereocenters. The third kappa shape index (κ3) is 4.58. The summed E-state index contributed by atoms with van der Waals surface area (Å²) in [6.45, 7) is 0. The van der Waals surface area contributed by atoms with Gasteiger partial charge in [0.05, 0.1) is 0 Å². The van der Waals surface area contributed by atoms with E-state index < -0.39 is 21.1 Å². The molecular weight excluding hydrogens is 692 g/mol. The molecule has 0 heterocycles. The maximum Gasteiger partial charge on any atom is 0 e. The molecule has 0 aromatic rings. The molecule has 0 aliphatic heterocycles. The molecule has 30 heavy (non-hydrogen) atoms. The minimum Gasteiger partial charge on any atom is 0 e. The van der Waals surface area contributed by atoms with Gasteiger partial charge in [-0.15, -0.1) is 0 Å². The third-order valence-corrected chi connectivity index (χ3v) is 9.22. The van der Waals surface area contributed by atoms with Gasteiger partial charge in [0.25, 0.3) is 0 Å². The van der Waals surface area contributed by atoms with Crippen LogP contribution in [0.3, 0.4) is 0 Å². The van der Waals surface area contributed by atoms with Crippen molar-refractivity contribution in [2.45, 2.75) is 0 Å². The topological polar surface area (TPSA) is 285 Å². The second-order valence-electron chi connectivity index (χ2n) is 3.39. The molecule has 0 radical (unpaired) electrons. The van der Waals surface area contributed by atoms with E-state index in [1.54, 1.807) is 0 Å². The summed E-state index contributed by atoms with van der Waals surface area (Å²) in [5.74, 6) is 0. The summed E-state index contributed by atoms with van der Waals surface area (Å²) in [5.41, 5.74) is 0. The molecule has 0 atom stereocenters. The maximum atomic E-state index is 8.58. The molecule has 18 heteroatoms. The number of hydrogen-bond donors (Lipinski definition) is 0. The van der Waals surface area contributed by atoms with E-state index in [2.05, 4.69) is 0 Å². The van der Waals surface area contributed by atoms with Crippen molar-refractivity contribution in [1.29, 1.82) is 63.1 Å². The Morgan fingerprint density at radius 3 is 0.300 bits per heavy atom. The van der Waals surface area contributed by atoms with Crippen LogP contribution in [-0.4, -0.2) is 0 Å². The van der Waals surface area contributed by atoms with Crippen LogP contribution in [0.5, 0.6) is 0 Å². The number of nitrogens with zero attached hydrogens (tertiary/aromatic N) is 12. The average molecular weight is 692 g/mol. The van der Waals surface area contributed by atoms with Crippen molar-refractivity contribution >= 4 is 0 Å². The standard InChI is InChI=1S/12CN.2Co.4Zn/c12*1-2;;;;;;. The van der Waals surface area contributed by atoms with Crippen LogP contribution in [0.25, 0.3) is 0 Å². The number of hydrogen-bond acceptors (Lipinski definition) is 12. The van der Waals surface area contributed by atoms with E-state index in [4.69, 9.17) is 63.1 Å². The second kappa shape index (κ2) is 11.0. The summed E-state index contributed by atoms with van der Waals surface area (Å²) in [5, 5.41) is 115. The summed E-state index contributed by atoms with van der Waals surface area (Å²) in [7, 11) is -12.1. The fourth-order valence-corrected chi connectivity index (χ4v) is 2.06. The second-order valence-corrected chi connectivity index (χ2v) is 14.0. The predicted molar refractivity (Wildman–Crippen MR) is 67.4 cm³/mol. The molecule has 0 spiro atoms. The summed E-state index contributed by atoms with van der Waals surface area (Å²) in [6.07, 6.45) is 0. The molecule has 0 aliphatic rings. The van der Waals surface area contributed by atoms with Crippen LogP contribution in [0, 0.1) is 123 Å². The van der Waals surface area contributed by atoms with E-state index in [9.17, 15) is 0 Å². The van der Waals surface area contributed by atoms with Crippen molar-refractivity contribution in [1.82, 2.24) is 0 Å². The minimum absolute atomic E-state index is 0. The van der Waals surface area contributed by atoms with Gasteiger partial charge in [-0.2, -0.15) is 0 Å². The van der Waals surface area contributed by atoms with Crippen LogP contribution in [0.4, 0.5) is 0 Å². The fraction of sp³-hybridized carbons (Fsp3) is 0. The molecule has 12 nitrogen and oxygen atoms in total. The SMILES string of the molecule is N#[C][Co]([C]#N)([C]#N)([C]#N)([C]#N)[C]#N.N#[C][Co]([C]#N)([C]#N)([C]#N)([C]#N)[C]#N.[Zn].[Zn].[Zn].[Zn]. The van der Waals surface area contributed by atoms with Gasteiger partial charge >= 0.3 is 144 Å². The van der Waals surface area contributed by atoms with E-state index in [0.717, 1.165) is 60.0 Å². The first-order valence-corrected chi connectivity index (χ1v) is 10.9. The smallest absolute Gasteiger partial charge is 0 e. The Labute approximate surface area is 219 Å². The molecule has 0 saturated heterocycles. The summed E-state index contributed by atoms with van der Waals surface area (Å²) in [4.78, 5) is 0. The van der Waals surface area contributed by atoms with Gasteiger partial charge in [-0.3, -0.25) is 0 Å². The maximum absolute atomic E-state index is 8.58. The van der Waals surface area contributed by atoms with Gasteiger partial charge in [0.15, 0.2) is 0 Å². The molecule has 0 bridgehead atoms. The van der Waals surface area contributed by atoms with Crippen LogP contribution in [0.15, 0.2) is 0 Å². The summed E-state index contributed by atoms with van der Waals surface area (Å²) >= 11 is 0. The molecule has 0 aromatic heterocycles. The summed E-state index contributed by atoms with van der Waals surface area (Å²) < 4.78 is 0. The van der Waals surface area contributed by atoms with Crippen LogP contribution >= 0.6 is 0 Å². The van der Waals surface area contributed by atoms with Gasteiger partial charge in [-0.05, 0) is 0 Å².